The molecule has 0 aliphatic carbocycles. The van der Waals surface area contributed by atoms with Crippen molar-refractivity contribution in [3.8, 4) is 0 Å². The normalized spacial score (nSPS) is 19.4. The van der Waals surface area contributed by atoms with E-state index < -0.39 is 0 Å². The van der Waals surface area contributed by atoms with Crippen LogP contribution in [0.3, 0.4) is 0 Å². The molecule has 0 bridgehead atoms. The summed E-state index contributed by atoms with van der Waals surface area (Å²) in [5, 5.41) is 3.43. The summed E-state index contributed by atoms with van der Waals surface area (Å²) in [6.07, 6.45) is 0.978. The molecule has 1 N–H and O–H groups in total. The average molecular weight is 374 g/mol. The van der Waals surface area contributed by atoms with Crippen LogP contribution < -0.4 is 5.32 Å². The molecular formula is C13H20BrCl2FN2. The number of piperazine rings is 1. The summed E-state index contributed by atoms with van der Waals surface area (Å²) in [4.78, 5) is 2.46. The highest BCUT2D eigenvalue weighted by Crippen LogP contribution is 2.17. The van der Waals surface area contributed by atoms with Crippen molar-refractivity contribution in [1.29, 1.82) is 0 Å². The maximum atomic E-state index is 13.1. The molecule has 0 unspecified atom stereocenters. The monoisotopic (exact) mass is 372 g/mol. The van der Waals surface area contributed by atoms with E-state index in [2.05, 4.69) is 33.1 Å². The van der Waals surface area contributed by atoms with E-state index in [9.17, 15) is 4.39 Å². The molecule has 1 aliphatic heterocycles. The predicted molar refractivity (Wildman–Crippen MR) is 86.2 cm³/mol. The summed E-state index contributed by atoms with van der Waals surface area (Å²) in [5.41, 5.74) is 1.18. The Hall–Kier alpha value is 0.130. The molecule has 19 heavy (non-hydrogen) atoms. The van der Waals surface area contributed by atoms with E-state index in [1.54, 1.807) is 0 Å². The van der Waals surface area contributed by atoms with Crippen LogP contribution in [0.4, 0.5) is 4.39 Å². The molecule has 0 amide bonds. The molecule has 110 valence electrons. The summed E-state index contributed by atoms with van der Waals surface area (Å²) < 4.78 is 13.6. The lowest BCUT2D eigenvalue weighted by Crippen LogP contribution is -2.49. The van der Waals surface area contributed by atoms with E-state index in [0.29, 0.717) is 10.5 Å². The maximum Gasteiger partial charge on any atom is 0.137 e. The van der Waals surface area contributed by atoms with Crippen LogP contribution in [0, 0.1) is 5.82 Å². The number of nitrogens with one attached hydrogen (secondary N) is 1. The van der Waals surface area contributed by atoms with Crippen molar-refractivity contribution in [2.24, 2.45) is 0 Å². The molecule has 1 heterocycles. The molecule has 1 aromatic rings. The Kier molecular flexibility index (Phi) is 9.20. The van der Waals surface area contributed by atoms with Gasteiger partial charge in [-0.1, -0.05) is 6.07 Å². The second-order valence-electron chi connectivity index (χ2n) is 4.65. The first-order valence-electron chi connectivity index (χ1n) is 6.05. The Balaban J connectivity index is 0.00000162. The second kappa shape index (κ2) is 9.14. The Labute approximate surface area is 135 Å². The van der Waals surface area contributed by atoms with E-state index in [1.807, 2.05) is 12.1 Å². The number of nitrogens with zero attached hydrogens (tertiary/aromatic N) is 1. The molecule has 6 heteroatoms. The van der Waals surface area contributed by atoms with Crippen LogP contribution in [0.5, 0.6) is 0 Å². The van der Waals surface area contributed by atoms with Gasteiger partial charge in [0, 0.05) is 32.2 Å². The van der Waals surface area contributed by atoms with Gasteiger partial charge in [-0.2, -0.15) is 0 Å². The first kappa shape index (κ1) is 19.1. The number of hydrogen-bond acceptors (Lipinski definition) is 2. The quantitative estimate of drug-likeness (QED) is 0.874. The molecular weight excluding hydrogens is 354 g/mol. The van der Waals surface area contributed by atoms with Crippen molar-refractivity contribution in [3.05, 3.63) is 34.1 Å². The van der Waals surface area contributed by atoms with Gasteiger partial charge in [-0.3, -0.25) is 0 Å². The van der Waals surface area contributed by atoms with Crippen molar-refractivity contribution in [3.63, 3.8) is 0 Å². The third kappa shape index (κ3) is 5.96. The number of rotatable bonds is 3. The highest BCUT2D eigenvalue weighted by Gasteiger charge is 2.14. The third-order valence-corrected chi connectivity index (χ3v) is 3.76. The van der Waals surface area contributed by atoms with E-state index in [-0.39, 0.29) is 30.6 Å². The number of halogens is 4. The van der Waals surface area contributed by atoms with Gasteiger partial charge in [-0.15, -0.1) is 24.8 Å². The van der Waals surface area contributed by atoms with Crippen molar-refractivity contribution in [2.45, 2.75) is 19.4 Å². The fourth-order valence-corrected chi connectivity index (χ4v) is 2.62. The van der Waals surface area contributed by atoms with E-state index in [0.717, 1.165) is 32.6 Å². The number of benzene rings is 1. The van der Waals surface area contributed by atoms with Gasteiger partial charge in [-0.25, -0.2) is 4.39 Å². The molecule has 1 fully saturated rings. The highest BCUT2D eigenvalue weighted by atomic mass is 79.9. The van der Waals surface area contributed by atoms with Gasteiger partial charge in [0.25, 0.3) is 0 Å². The molecule has 1 atom stereocenters. The van der Waals surface area contributed by atoms with Crippen LogP contribution in [0.1, 0.15) is 12.5 Å². The molecule has 0 spiro atoms. The van der Waals surface area contributed by atoms with Gasteiger partial charge in [0.1, 0.15) is 5.82 Å². The maximum absolute atomic E-state index is 13.1. The predicted octanol–water partition coefficient (Wildman–Crippen LogP) is 3.27. The Bertz CT molecular complexity index is 393. The lowest BCUT2D eigenvalue weighted by atomic mass is 10.1. The first-order chi connectivity index (χ1) is 8.15. The van der Waals surface area contributed by atoms with Crippen molar-refractivity contribution in [1.82, 2.24) is 10.2 Å². The zero-order chi connectivity index (χ0) is 12.3. The van der Waals surface area contributed by atoms with Crippen molar-refractivity contribution < 1.29 is 4.39 Å². The number of hydrogen-bond donors (Lipinski definition) is 1. The fourth-order valence-electron chi connectivity index (χ4n) is 2.20. The van der Waals surface area contributed by atoms with Crippen LogP contribution in [-0.4, -0.2) is 37.1 Å². The summed E-state index contributed by atoms with van der Waals surface area (Å²) >= 11 is 3.22. The molecule has 1 aromatic carbocycles. The highest BCUT2D eigenvalue weighted by molar-refractivity contribution is 9.10. The topological polar surface area (TPSA) is 15.3 Å². The molecule has 0 saturated carbocycles. The zero-order valence-electron chi connectivity index (χ0n) is 10.9. The Morgan fingerprint density at radius 1 is 1.42 bits per heavy atom. The summed E-state index contributed by atoms with van der Waals surface area (Å²) in [5.74, 6) is -0.190. The molecule has 2 rings (SSSR count). The lowest BCUT2D eigenvalue weighted by Gasteiger charge is -2.31. The smallest absolute Gasteiger partial charge is 0.137 e. The molecule has 0 aromatic heterocycles. The zero-order valence-corrected chi connectivity index (χ0v) is 14.1. The van der Waals surface area contributed by atoms with Crippen LogP contribution in [0.15, 0.2) is 22.7 Å². The van der Waals surface area contributed by atoms with Crippen LogP contribution in [-0.2, 0) is 6.42 Å². The summed E-state index contributed by atoms with van der Waals surface area (Å²) in [6.45, 7) is 6.52. The minimum Gasteiger partial charge on any atom is -0.312 e. The van der Waals surface area contributed by atoms with Gasteiger partial charge < -0.3 is 10.2 Å². The van der Waals surface area contributed by atoms with E-state index in [1.165, 1.54) is 11.6 Å². The van der Waals surface area contributed by atoms with Crippen LogP contribution in [0.2, 0.25) is 0 Å². The standard InChI is InChI=1S/C13H18BrFN2.2ClH/c1-10-9-17(7-5-16-10)6-4-11-2-3-13(15)12(14)8-11;;/h2-3,8,10,16H,4-7,9H2,1H3;2*1H/t10-;;/m1../s1. The molecule has 2 nitrogen and oxygen atoms in total. The van der Waals surface area contributed by atoms with Gasteiger partial charge in [0.15, 0.2) is 0 Å². The summed E-state index contributed by atoms with van der Waals surface area (Å²) in [6, 6.07) is 5.84. The van der Waals surface area contributed by atoms with Gasteiger partial charge in [0.2, 0.25) is 0 Å². The fraction of sp³-hybridized carbons (Fsp3) is 0.538. The Morgan fingerprint density at radius 2 is 2.16 bits per heavy atom. The third-order valence-electron chi connectivity index (χ3n) is 3.15. The molecule has 1 aliphatic rings. The molecule has 1 saturated heterocycles. The largest absolute Gasteiger partial charge is 0.312 e. The van der Waals surface area contributed by atoms with Crippen molar-refractivity contribution >= 4 is 40.7 Å². The van der Waals surface area contributed by atoms with Gasteiger partial charge in [-0.05, 0) is 47.0 Å². The van der Waals surface area contributed by atoms with Crippen molar-refractivity contribution in [2.75, 3.05) is 26.2 Å². The van der Waals surface area contributed by atoms with Crippen LogP contribution >= 0.6 is 40.7 Å². The average Bonchev–Trinajstić information content (AvgIpc) is 2.31. The van der Waals surface area contributed by atoms with Crippen LogP contribution in [0.25, 0.3) is 0 Å². The van der Waals surface area contributed by atoms with Gasteiger partial charge >= 0.3 is 0 Å². The summed E-state index contributed by atoms with van der Waals surface area (Å²) in [7, 11) is 0. The van der Waals surface area contributed by atoms with Gasteiger partial charge in [0.05, 0.1) is 4.47 Å². The first-order valence-corrected chi connectivity index (χ1v) is 6.84. The lowest BCUT2D eigenvalue weighted by molar-refractivity contribution is 0.209. The minimum absolute atomic E-state index is 0. The SMILES string of the molecule is C[C@@H]1CN(CCc2ccc(F)c(Br)c2)CCN1.Cl.Cl. The minimum atomic E-state index is -0.190. The Morgan fingerprint density at radius 3 is 2.79 bits per heavy atom. The molecule has 0 radical (unpaired) electrons. The second-order valence-corrected chi connectivity index (χ2v) is 5.51. The van der Waals surface area contributed by atoms with E-state index >= 15 is 0 Å². The van der Waals surface area contributed by atoms with E-state index in [4.69, 9.17) is 0 Å².